The van der Waals surface area contributed by atoms with Gasteiger partial charge in [-0.05, 0) is 37.8 Å². The number of nitrogens with zero attached hydrogens (tertiary/aromatic N) is 3. The van der Waals surface area contributed by atoms with Crippen molar-refractivity contribution < 1.29 is 13.2 Å². The molecule has 0 atom stereocenters. The number of carbonyl (C=O) groups is 1. The minimum atomic E-state index is -3.42. The van der Waals surface area contributed by atoms with Gasteiger partial charge in [0.25, 0.3) is 5.91 Å². The molecule has 0 saturated heterocycles. The number of nitrogens with one attached hydrogen (secondary N) is 1. The van der Waals surface area contributed by atoms with Crippen LogP contribution in [0, 0.1) is 6.92 Å². The zero-order chi connectivity index (χ0) is 21.5. The topological polar surface area (TPSA) is 83.8 Å². The summed E-state index contributed by atoms with van der Waals surface area (Å²) >= 11 is 0. The minimum absolute atomic E-state index is 0.216. The van der Waals surface area contributed by atoms with E-state index in [2.05, 4.69) is 5.32 Å². The fourth-order valence-corrected chi connectivity index (χ4v) is 5.00. The molecule has 7 nitrogen and oxygen atoms in total. The van der Waals surface area contributed by atoms with E-state index in [4.69, 9.17) is 5.10 Å². The lowest BCUT2D eigenvalue weighted by atomic mass is 10.0. The van der Waals surface area contributed by atoms with Crippen LogP contribution < -0.4 is 9.62 Å². The first kappa shape index (κ1) is 20.4. The van der Waals surface area contributed by atoms with Gasteiger partial charge in [-0.2, -0.15) is 5.10 Å². The molecule has 0 spiro atoms. The van der Waals surface area contributed by atoms with E-state index < -0.39 is 10.0 Å². The van der Waals surface area contributed by atoms with E-state index in [0.29, 0.717) is 29.0 Å². The third-order valence-electron chi connectivity index (χ3n) is 5.59. The maximum absolute atomic E-state index is 12.8. The second kappa shape index (κ2) is 7.75. The Hall–Kier alpha value is -2.87. The van der Waals surface area contributed by atoms with Crippen molar-refractivity contribution in [1.29, 1.82) is 0 Å². The number of aryl methyl sites for hydroxylation is 2. The average Bonchev–Trinajstić information content (AvgIpc) is 3.05. The van der Waals surface area contributed by atoms with Gasteiger partial charge in [-0.3, -0.25) is 9.10 Å². The molecule has 3 heterocycles. The number of fused-ring (bicyclic) bond motifs is 2. The monoisotopic (exact) mass is 426 g/mol. The summed E-state index contributed by atoms with van der Waals surface area (Å²) in [5.74, 6) is -0.216. The van der Waals surface area contributed by atoms with E-state index in [1.165, 1.54) is 10.6 Å². The van der Waals surface area contributed by atoms with Gasteiger partial charge in [-0.25, -0.2) is 12.9 Å². The Morgan fingerprint density at radius 2 is 1.87 bits per heavy atom. The Balaban J connectivity index is 1.99. The van der Waals surface area contributed by atoms with Crippen LogP contribution in [0.3, 0.4) is 0 Å². The Morgan fingerprint density at radius 1 is 1.13 bits per heavy atom. The number of carbonyl (C=O) groups excluding carboxylic acids is 1. The van der Waals surface area contributed by atoms with Crippen LogP contribution in [-0.2, 0) is 16.4 Å². The number of aromatic nitrogens is 2. The molecule has 0 fully saturated rings. The maximum atomic E-state index is 12.8. The molecule has 4 rings (SSSR count). The van der Waals surface area contributed by atoms with Crippen molar-refractivity contribution in [2.45, 2.75) is 32.6 Å². The normalized spacial score (nSPS) is 14.8. The predicted molar refractivity (Wildman–Crippen MR) is 119 cm³/mol. The highest BCUT2D eigenvalue weighted by molar-refractivity contribution is 7.92. The van der Waals surface area contributed by atoms with Gasteiger partial charge >= 0.3 is 0 Å². The number of sulfonamides is 1. The molecule has 1 aromatic carbocycles. The number of anilines is 1. The van der Waals surface area contributed by atoms with Crippen LogP contribution >= 0.6 is 0 Å². The SMILES string of the molecule is CNC(=O)c1c(-c2ccc(C)cc2)nn2cc3c(cc12)CCCCCN3S(C)(=O)=O. The number of hydrogen-bond donors (Lipinski definition) is 1. The molecular weight excluding hydrogens is 400 g/mol. The van der Waals surface area contributed by atoms with Gasteiger partial charge in [0.2, 0.25) is 10.0 Å². The molecule has 3 aromatic rings. The van der Waals surface area contributed by atoms with E-state index in [1.807, 2.05) is 37.3 Å². The first-order chi connectivity index (χ1) is 14.3. The smallest absolute Gasteiger partial charge is 0.255 e. The standard InChI is InChI=1S/C22H26N4O3S/c1-15-8-10-16(11-9-15)21-20(22(27)23-2)18-13-17-7-5-4-6-12-26(30(3,28)29)19(17)14-25(18)24-21/h8-11,13-14H,4-7,12H2,1-3H3,(H,23,27). The third kappa shape index (κ3) is 3.67. The van der Waals surface area contributed by atoms with Gasteiger partial charge in [-0.1, -0.05) is 36.2 Å². The van der Waals surface area contributed by atoms with Gasteiger partial charge in [0, 0.05) is 19.2 Å². The zero-order valence-corrected chi connectivity index (χ0v) is 18.3. The van der Waals surface area contributed by atoms with Gasteiger partial charge < -0.3 is 5.32 Å². The third-order valence-corrected chi connectivity index (χ3v) is 6.77. The second-order valence-electron chi connectivity index (χ2n) is 7.83. The molecule has 1 amide bonds. The molecule has 158 valence electrons. The molecule has 8 heteroatoms. The number of amides is 1. The molecule has 0 bridgehead atoms. The highest BCUT2D eigenvalue weighted by Crippen LogP contribution is 2.33. The predicted octanol–water partition coefficient (Wildman–Crippen LogP) is 3.16. The Bertz CT molecular complexity index is 1210. The van der Waals surface area contributed by atoms with Crippen molar-refractivity contribution in [2.75, 3.05) is 24.2 Å². The van der Waals surface area contributed by atoms with Crippen molar-refractivity contribution in [3.63, 3.8) is 0 Å². The molecule has 0 unspecified atom stereocenters. The van der Waals surface area contributed by atoms with Gasteiger partial charge in [0.05, 0.1) is 29.2 Å². The fourth-order valence-electron chi connectivity index (χ4n) is 4.02. The summed E-state index contributed by atoms with van der Waals surface area (Å²) in [4.78, 5) is 12.8. The average molecular weight is 427 g/mol. The number of rotatable bonds is 3. The summed E-state index contributed by atoms with van der Waals surface area (Å²) in [6.07, 6.45) is 6.51. The fraction of sp³-hybridized carbons (Fsp3) is 0.364. The summed E-state index contributed by atoms with van der Waals surface area (Å²) < 4.78 is 28.0. The van der Waals surface area contributed by atoms with Crippen LogP contribution in [0.15, 0.2) is 36.5 Å². The zero-order valence-electron chi connectivity index (χ0n) is 17.5. The van der Waals surface area contributed by atoms with Crippen LogP contribution in [0.25, 0.3) is 16.8 Å². The molecular formula is C22H26N4O3S. The highest BCUT2D eigenvalue weighted by Gasteiger charge is 2.26. The van der Waals surface area contributed by atoms with E-state index in [1.54, 1.807) is 17.8 Å². The van der Waals surface area contributed by atoms with Crippen molar-refractivity contribution in [2.24, 2.45) is 0 Å². The van der Waals surface area contributed by atoms with Crippen LogP contribution in [0.2, 0.25) is 0 Å². The van der Waals surface area contributed by atoms with Gasteiger partial charge in [0.15, 0.2) is 0 Å². The first-order valence-corrected chi connectivity index (χ1v) is 12.0. The van der Waals surface area contributed by atoms with E-state index in [0.717, 1.165) is 42.4 Å². The Labute approximate surface area is 176 Å². The maximum Gasteiger partial charge on any atom is 0.255 e. The highest BCUT2D eigenvalue weighted by atomic mass is 32.2. The molecule has 1 N–H and O–H groups in total. The van der Waals surface area contributed by atoms with Crippen LogP contribution in [0.1, 0.15) is 40.7 Å². The van der Waals surface area contributed by atoms with Crippen molar-refractivity contribution in [3.8, 4) is 11.3 Å². The van der Waals surface area contributed by atoms with Crippen LogP contribution in [0.4, 0.5) is 5.69 Å². The number of pyridine rings is 1. The van der Waals surface area contributed by atoms with Crippen molar-refractivity contribution in [1.82, 2.24) is 14.9 Å². The van der Waals surface area contributed by atoms with Crippen molar-refractivity contribution >= 4 is 27.1 Å². The van der Waals surface area contributed by atoms with E-state index >= 15 is 0 Å². The summed E-state index contributed by atoms with van der Waals surface area (Å²) in [5, 5.41) is 7.41. The van der Waals surface area contributed by atoms with Crippen LogP contribution in [0.5, 0.6) is 0 Å². The first-order valence-electron chi connectivity index (χ1n) is 10.1. The lowest BCUT2D eigenvalue weighted by Crippen LogP contribution is -2.32. The van der Waals surface area contributed by atoms with Gasteiger partial charge in [-0.15, -0.1) is 0 Å². The van der Waals surface area contributed by atoms with E-state index in [9.17, 15) is 13.2 Å². The quantitative estimate of drug-likeness (QED) is 0.697. The minimum Gasteiger partial charge on any atom is -0.355 e. The molecule has 1 aliphatic heterocycles. The summed E-state index contributed by atoms with van der Waals surface area (Å²) in [7, 11) is -1.81. The largest absolute Gasteiger partial charge is 0.355 e. The van der Waals surface area contributed by atoms with Crippen molar-refractivity contribution in [3.05, 3.63) is 53.2 Å². The molecule has 2 aromatic heterocycles. The molecule has 0 saturated carbocycles. The summed E-state index contributed by atoms with van der Waals surface area (Å²) in [6, 6.07) is 9.79. The lowest BCUT2D eigenvalue weighted by molar-refractivity contribution is 0.0965. The Morgan fingerprint density at radius 3 is 2.53 bits per heavy atom. The molecule has 30 heavy (non-hydrogen) atoms. The lowest BCUT2D eigenvalue weighted by Gasteiger charge is -2.27. The number of hydrogen-bond acceptors (Lipinski definition) is 4. The molecule has 0 radical (unpaired) electrons. The van der Waals surface area contributed by atoms with Crippen LogP contribution in [-0.4, -0.2) is 43.8 Å². The number of benzene rings is 1. The summed E-state index contributed by atoms with van der Waals surface area (Å²) in [5.41, 5.74) is 5.29. The second-order valence-corrected chi connectivity index (χ2v) is 9.74. The van der Waals surface area contributed by atoms with Gasteiger partial charge in [0.1, 0.15) is 5.69 Å². The molecule has 0 aliphatic carbocycles. The van der Waals surface area contributed by atoms with E-state index in [-0.39, 0.29) is 5.91 Å². The molecule has 1 aliphatic rings. The summed E-state index contributed by atoms with van der Waals surface area (Å²) in [6.45, 7) is 2.46. The Kier molecular flexibility index (Phi) is 5.27.